The molecule has 2 atom stereocenters. The molecule has 1 aliphatic heterocycles. The molecule has 0 aromatic heterocycles. The quantitative estimate of drug-likeness (QED) is 0.751. The number of nitrogens with one attached hydrogen (secondary N) is 1. The van der Waals surface area contributed by atoms with Crippen LogP contribution in [0, 0.1) is 5.92 Å². The summed E-state index contributed by atoms with van der Waals surface area (Å²) in [4.78, 5) is 28.7. The van der Waals surface area contributed by atoms with E-state index in [1.807, 2.05) is 34.6 Å². The van der Waals surface area contributed by atoms with Crippen LogP contribution in [0.4, 0.5) is 4.79 Å². The van der Waals surface area contributed by atoms with Crippen LogP contribution in [0.5, 0.6) is 0 Å². The number of carbonyl (C=O) groups is 2. The smallest absolute Gasteiger partial charge is 0.410 e. The first-order valence-corrected chi connectivity index (χ1v) is 9.19. The van der Waals surface area contributed by atoms with Gasteiger partial charge >= 0.3 is 6.09 Å². The molecule has 0 bridgehead atoms. The summed E-state index contributed by atoms with van der Waals surface area (Å²) in [5.74, 6) is -0.0862. The van der Waals surface area contributed by atoms with E-state index in [4.69, 9.17) is 9.47 Å². The summed E-state index contributed by atoms with van der Waals surface area (Å²) in [6.45, 7) is 14.1. The zero-order valence-electron chi connectivity index (χ0n) is 16.6. The average molecular weight is 357 g/mol. The van der Waals surface area contributed by atoms with E-state index in [1.165, 1.54) is 4.90 Å². The largest absolute Gasteiger partial charge is 0.444 e. The molecule has 0 aromatic carbocycles. The lowest BCUT2D eigenvalue weighted by molar-refractivity contribution is -0.127. The fourth-order valence-corrected chi connectivity index (χ4v) is 2.75. The van der Waals surface area contributed by atoms with Gasteiger partial charge in [-0.2, -0.15) is 0 Å². The fourth-order valence-electron chi connectivity index (χ4n) is 2.75. The highest BCUT2D eigenvalue weighted by molar-refractivity contribution is 5.85. The standard InChI is InChI=1S/C18H35N3O4/c1-7-14(2)15(20(6)17(23)25-18(3,4)5)16(22)19-8-9-21-10-12-24-13-11-21/h14-15H,7-13H2,1-6H3,(H,19,22)/t14-,15?/m0/s1. The molecule has 0 aromatic rings. The van der Waals surface area contributed by atoms with E-state index in [0.29, 0.717) is 6.54 Å². The van der Waals surface area contributed by atoms with Crippen molar-refractivity contribution in [3.05, 3.63) is 0 Å². The minimum absolute atomic E-state index is 0.0425. The molecule has 25 heavy (non-hydrogen) atoms. The van der Waals surface area contributed by atoms with Gasteiger partial charge in [0.05, 0.1) is 13.2 Å². The van der Waals surface area contributed by atoms with Gasteiger partial charge in [-0.25, -0.2) is 4.79 Å². The Bertz CT molecular complexity index is 431. The van der Waals surface area contributed by atoms with Crippen molar-refractivity contribution in [3.63, 3.8) is 0 Å². The van der Waals surface area contributed by atoms with Crippen LogP contribution in [0.2, 0.25) is 0 Å². The lowest BCUT2D eigenvalue weighted by Crippen LogP contribution is -2.53. The molecular formula is C18H35N3O4. The van der Waals surface area contributed by atoms with Gasteiger partial charge in [-0.3, -0.25) is 14.6 Å². The van der Waals surface area contributed by atoms with Crippen LogP contribution in [0.15, 0.2) is 0 Å². The SMILES string of the molecule is CC[C@H](C)C(C(=O)NCCN1CCOCC1)N(C)C(=O)OC(C)(C)C. The van der Waals surface area contributed by atoms with E-state index in [0.717, 1.165) is 39.3 Å². The van der Waals surface area contributed by atoms with Gasteiger partial charge in [-0.05, 0) is 26.7 Å². The molecule has 1 heterocycles. The first kappa shape index (κ1) is 21.7. The van der Waals surface area contributed by atoms with Gasteiger partial charge in [0, 0.05) is 33.2 Å². The average Bonchev–Trinajstić information content (AvgIpc) is 2.54. The number of morpholine rings is 1. The Hall–Kier alpha value is -1.34. The van der Waals surface area contributed by atoms with E-state index in [1.54, 1.807) is 7.05 Å². The number of carbonyl (C=O) groups excluding carboxylic acids is 2. The Labute approximate surface area is 152 Å². The van der Waals surface area contributed by atoms with Crippen molar-refractivity contribution in [3.8, 4) is 0 Å². The van der Waals surface area contributed by atoms with Crippen molar-refractivity contribution in [2.24, 2.45) is 5.92 Å². The second-order valence-corrected chi connectivity index (χ2v) is 7.67. The number of ether oxygens (including phenoxy) is 2. The maximum Gasteiger partial charge on any atom is 0.410 e. The monoisotopic (exact) mass is 357 g/mol. The van der Waals surface area contributed by atoms with Gasteiger partial charge in [0.25, 0.3) is 0 Å². The molecule has 0 spiro atoms. The van der Waals surface area contributed by atoms with Crippen LogP contribution < -0.4 is 5.32 Å². The van der Waals surface area contributed by atoms with Gasteiger partial charge in [-0.1, -0.05) is 20.3 Å². The topological polar surface area (TPSA) is 71.1 Å². The molecule has 0 radical (unpaired) electrons. The molecule has 2 amide bonds. The Morgan fingerprint density at radius 3 is 2.40 bits per heavy atom. The normalized spacial score (nSPS) is 18.3. The molecule has 1 aliphatic rings. The maximum atomic E-state index is 12.7. The lowest BCUT2D eigenvalue weighted by atomic mass is 9.97. The summed E-state index contributed by atoms with van der Waals surface area (Å²) in [5, 5.41) is 2.97. The summed E-state index contributed by atoms with van der Waals surface area (Å²) in [5.41, 5.74) is -0.585. The van der Waals surface area contributed by atoms with Gasteiger partial charge in [0.2, 0.25) is 5.91 Å². The third-order valence-electron chi connectivity index (χ3n) is 4.38. The third kappa shape index (κ3) is 7.61. The molecule has 1 saturated heterocycles. The van der Waals surface area contributed by atoms with Crippen molar-refractivity contribution in [2.75, 3.05) is 46.4 Å². The van der Waals surface area contributed by atoms with Crippen LogP contribution in [0.25, 0.3) is 0 Å². The molecule has 146 valence electrons. The van der Waals surface area contributed by atoms with Crippen molar-refractivity contribution >= 4 is 12.0 Å². The molecule has 7 nitrogen and oxygen atoms in total. The Balaban J connectivity index is 2.60. The van der Waals surface area contributed by atoms with E-state index in [-0.39, 0.29) is 11.8 Å². The molecule has 1 fully saturated rings. The fraction of sp³-hybridized carbons (Fsp3) is 0.889. The van der Waals surface area contributed by atoms with Crippen molar-refractivity contribution < 1.29 is 19.1 Å². The van der Waals surface area contributed by atoms with Crippen LogP contribution >= 0.6 is 0 Å². The van der Waals surface area contributed by atoms with Crippen molar-refractivity contribution in [1.82, 2.24) is 15.1 Å². The molecule has 1 N–H and O–H groups in total. The number of hydrogen-bond donors (Lipinski definition) is 1. The summed E-state index contributed by atoms with van der Waals surface area (Å²) in [7, 11) is 1.63. The van der Waals surface area contributed by atoms with Crippen LogP contribution in [0.3, 0.4) is 0 Å². The molecule has 1 rings (SSSR count). The van der Waals surface area contributed by atoms with Crippen molar-refractivity contribution in [1.29, 1.82) is 0 Å². The van der Waals surface area contributed by atoms with Crippen LogP contribution in [-0.4, -0.2) is 79.9 Å². The number of nitrogens with zero attached hydrogens (tertiary/aromatic N) is 2. The number of hydrogen-bond acceptors (Lipinski definition) is 5. The van der Waals surface area contributed by atoms with Crippen molar-refractivity contribution in [2.45, 2.75) is 52.7 Å². The first-order chi connectivity index (χ1) is 11.7. The maximum absolute atomic E-state index is 12.7. The Kier molecular flexibility index (Phi) is 8.65. The van der Waals surface area contributed by atoms with E-state index in [2.05, 4.69) is 10.2 Å². The van der Waals surface area contributed by atoms with Crippen LogP contribution in [-0.2, 0) is 14.3 Å². The minimum Gasteiger partial charge on any atom is -0.444 e. The molecule has 0 saturated carbocycles. The predicted octanol–water partition coefficient (Wildman–Crippen LogP) is 1.72. The Morgan fingerprint density at radius 1 is 1.28 bits per heavy atom. The third-order valence-corrected chi connectivity index (χ3v) is 4.38. The van der Waals surface area contributed by atoms with Gasteiger partial charge in [-0.15, -0.1) is 0 Å². The molecule has 7 heteroatoms. The van der Waals surface area contributed by atoms with E-state index >= 15 is 0 Å². The Morgan fingerprint density at radius 2 is 1.88 bits per heavy atom. The number of amides is 2. The zero-order chi connectivity index (χ0) is 19.0. The molecule has 0 aliphatic carbocycles. The van der Waals surface area contributed by atoms with Crippen LogP contribution in [0.1, 0.15) is 41.0 Å². The summed E-state index contributed by atoms with van der Waals surface area (Å²) in [6.07, 6.45) is 0.329. The summed E-state index contributed by atoms with van der Waals surface area (Å²) in [6, 6.07) is -0.537. The van der Waals surface area contributed by atoms with Gasteiger partial charge in [0.1, 0.15) is 11.6 Å². The molecule has 1 unspecified atom stereocenters. The second kappa shape index (κ2) is 9.97. The highest BCUT2D eigenvalue weighted by Gasteiger charge is 2.33. The minimum atomic E-state index is -0.585. The highest BCUT2D eigenvalue weighted by atomic mass is 16.6. The van der Waals surface area contributed by atoms with E-state index in [9.17, 15) is 9.59 Å². The summed E-state index contributed by atoms with van der Waals surface area (Å²) < 4.78 is 10.7. The van der Waals surface area contributed by atoms with Gasteiger partial charge in [0.15, 0.2) is 0 Å². The number of rotatable bonds is 7. The lowest BCUT2D eigenvalue weighted by Gasteiger charge is -2.33. The number of likely N-dealkylation sites (N-methyl/N-ethyl adjacent to an activating group) is 1. The van der Waals surface area contributed by atoms with Gasteiger partial charge < -0.3 is 14.8 Å². The highest BCUT2D eigenvalue weighted by Crippen LogP contribution is 2.17. The predicted molar refractivity (Wildman–Crippen MR) is 97.5 cm³/mol. The summed E-state index contributed by atoms with van der Waals surface area (Å²) >= 11 is 0. The second-order valence-electron chi connectivity index (χ2n) is 7.67. The zero-order valence-corrected chi connectivity index (χ0v) is 16.6. The van der Waals surface area contributed by atoms with E-state index < -0.39 is 17.7 Å². The first-order valence-electron chi connectivity index (χ1n) is 9.19. The molecular weight excluding hydrogens is 322 g/mol.